The molecule has 0 heterocycles. The van der Waals surface area contributed by atoms with Crippen molar-refractivity contribution in [3.8, 4) is 0 Å². The summed E-state index contributed by atoms with van der Waals surface area (Å²) in [6.45, 7) is 6.50. The monoisotopic (exact) mass is 351 g/mol. The second-order valence-electron chi connectivity index (χ2n) is 0.289. The van der Waals surface area contributed by atoms with Gasteiger partial charge < -0.3 is 34.0 Å². The Morgan fingerprint density at radius 1 is 1.33 bits per heavy atom. The fourth-order valence-electron chi connectivity index (χ4n) is 0. The Balaban J connectivity index is -0.00000000667. The molecule has 0 aliphatic carbocycles. The van der Waals surface area contributed by atoms with Crippen LogP contribution in [0.3, 0.4) is 0 Å². The largest absolute Gasteiger partial charge is 3.00 e. The van der Waals surface area contributed by atoms with Gasteiger partial charge in [-0.1, -0.05) is 0 Å². The maximum atomic E-state index is 3.25. The number of hydrogen-bond donors (Lipinski definition) is 0. The Morgan fingerprint density at radius 3 is 1.33 bits per heavy atom. The van der Waals surface area contributed by atoms with Crippen molar-refractivity contribution < 1.29 is 74.4 Å². The summed E-state index contributed by atoms with van der Waals surface area (Å²) in [6, 6.07) is 0. The van der Waals surface area contributed by atoms with Crippen LogP contribution in [0.4, 0.5) is 0 Å². The summed E-state index contributed by atoms with van der Waals surface area (Å²) >= 11 is 0. The summed E-state index contributed by atoms with van der Waals surface area (Å²) in [5.41, 5.74) is 0. The van der Waals surface area contributed by atoms with Crippen LogP contribution < -0.4 is 34.0 Å². The minimum absolute atomic E-state index is 0. The van der Waals surface area contributed by atoms with E-state index in [0.29, 0.717) is 0 Å². The number of allylic oxidation sites excluding steroid dienone is 1. The van der Waals surface area contributed by atoms with E-state index < -0.39 is 0 Å². The van der Waals surface area contributed by atoms with Gasteiger partial charge >= 0.3 is 40.4 Å². The molecule has 0 aromatic heterocycles. The van der Waals surface area contributed by atoms with Crippen LogP contribution in [0.25, 0.3) is 0 Å². The van der Waals surface area contributed by atoms with Crippen LogP contribution in [0, 0.1) is 47.3 Å². The Labute approximate surface area is 92.4 Å². The quantitative estimate of drug-likeness (QED) is 0.384. The van der Waals surface area contributed by atoms with Gasteiger partial charge in [-0.15, -0.1) is 0 Å². The maximum Gasteiger partial charge on any atom is 3.00 e. The van der Waals surface area contributed by atoms with E-state index >= 15 is 0 Å². The van der Waals surface area contributed by atoms with E-state index in [4.69, 9.17) is 0 Å². The third-order valence-corrected chi connectivity index (χ3v) is 0. The topological polar surface area (TPSA) is 0 Å². The fraction of sp³-hybridized carbons (Fsp3) is 0. The van der Waals surface area contributed by atoms with Crippen molar-refractivity contribution in [3.63, 3.8) is 0 Å². The molecule has 0 fully saturated rings. The van der Waals surface area contributed by atoms with Crippen LogP contribution in [0.5, 0.6) is 0 Å². The molecule has 0 saturated carbocycles. The predicted octanol–water partition coefficient (Wildman–Crippen LogP) is -4.99. The summed E-state index contributed by atoms with van der Waals surface area (Å²) in [5, 5.41) is 0. The maximum absolute atomic E-state index is 3.25. The number of hydrogen-bond acceptors (Lipinski definition) is 0. The summed E-state index contributed by atoms with van der Waals surface area (Å²) in [4.78, 5) is 0. The van der Waals surface area contributed by atoms with Crippen molar-refractivity contribution in [3.05, 3.63) is 19.6 Å². The zero-order valence-electron chi connectivity index (χ0n) is 3.16. The van der Waals surface area contributed by atoms with Crippen molar-refractivity contribution >= 4 is 0 Å². The van der Waals surface area contributed by atoms with Gasteiger partial charge in [-0.3, -0.25) is 0 Å². The molecule has 0 nitrogen and oxygen atoms in total. The van der Waals surface area contributed by atoms with E-state index in [1.54, 1.807) is 0 Å². The van der Waals surface area contributed by atoms with Gasteiger partial charge in [0.15, 0.2) is 0 Å². The second-order valence-corrected chi connectivity index (χ2v) is 0.289. The van der Waals surface area contributed by atoms with E-state index in [-0.39, 0.29) is 74.4 Å². The molecule has 0 aromatic rings. The van der Waals surface area contributed by atoms with E-state index in [0.717, 1.165) is 0 Å². The zero-order valence-corrected chi connectivity index (χ0v) is 8.95. The number of rotatable bonds is 0. The summed E-state index contributed by atoms with van der Waals surface area (Å²) in [5.74, 6) is 0. The molecule has 3 heteroatoms. The molecule has 37 valence electrons. The number of halogens is 2. The molecular formula is C3H5Br2Sm. The molecule has 0 saturated heterocycles. The summed E-state index contributed by atoms with van der Waals surface area (Å²) in [7, 11) is 0. The van der Waals surface area contributed by atoms with Gasteiger partial charge in [0.1, 0.15) is 0 Å². The molecular weight excluding hydrogens is 346 g/mol. The van der Waals surface area contributed by atoms with Gasteiger partial charge in [0, 0.05) is 0 Å². The van der Waals surface area contributed by atoms with Gasteiger partial charge in [0.25, 0.3) is 0 Å². The van der Waals surface area contributed by atoms with Gasteiger partial charge in [-0.2, -0.15) is 0 Å². The molecule has 0 atom stereocenters. The van der Waals surface area contributed by atoms with Crippen LogP contribution in [0.1, 0.15) is 0 Å². The molecule has 0 rings (SSSR count). The van der Waals surface area contributed by atoms with Crippen molar-refractivity contribution in [2.45, 2.75) is 0 Å². The Morgan fingerprint density at radius 2 is 1.33 bits per heavy atom. The molecule has 6 heavy (non-hydrogen) atoms. The van der Waals surface area contributed by atoms with E-state index in [1.165, 1.54) is 6.08 Å². The average Bonchev–Trinajstić information content (AvgIpc) is 0.918. The summed E-state index contributed by atoms with van der Waals surface area (Å²) in [6.07, 6.45) is 1.50. The van der Waals surface area contributed by atoms with Crippen molar-refractivity contribution in [2.75, 3.05) is 0 Å². The van der Waals surface area contributed by atoms with Crippen LogP contribution in [-0.2, 0) is 0 Å². The van der Waals surface area contributed by atoms with Crippen molar-refractivity contribution in [1.29, 1.82) is 0 Å². The first-order valence-corrected chi connectivity index (χ1v) is 0.816. The normalized spacial score (nSPS) is 2.00. The first-order valence-electron chi connectivity index (χ1n) is 0.816. The SMILES string of the molecule is C=C[CH2-].[Br-].[Br-].[Sm+3]. The first-order chi connectivity index (χ1) is 1.41. The van der Waals surface area contributed by atoms with E-state index in [1.807, 2.05) is 0 Å². The van der Waals surface area contributed by atoms with Crippen LogP contribution >= 0.6 is 0 Å². The second kappa shape index (κ2) is 28.5. The zero-order chi connectivity index (χ0) is 2.71. The molecule has 1 radical (unpaired) electrons. The molecule has 0 unspecified atom stereocenters. The van der Waals surface area contributed by atoms with Gasteiger partial charge in [-0.05, 0) is 0 Å². The van der Waals surface area contributed by atoms with Crippen LogP contribution in [0.15, 0.2) is 12.7 Å². The molecule has 0 aromatic carbocycles. The molecule has 0 spiro atoms. The molecule has 0 amide bonds. The molecule has 0 N–H and O–H groups in total. The van der Waals surface area contributed by atoms with Crippen molar-refractivity contribution in [1.82, 2.24) is 0 Å². The summed E-state index contributed by atoms with van der Waals surface area (Å²) < 4.78 is 0. The van der Waals surface area contributed by atoms with Gasteiger partial charge in [0.05, 0.1) is 0 Å². The van der Waals surface area contributed by atoms with Gasteiger partial charge in [-0.25, -0.2) is 19.6 Å². The Hall–Kier alpha value is 1.91. The fourth-order valence-corrected chi connectivity index (χ4v) is 0. The standard InChI is InChI=1S/C3H5.2BrH.Sm/c1-3-2;;;/h3H,1-2H2;2*1H;/q-1;;;+3/p-2. The average molecular weight is 351 g/mol. The minimum atomic E-state index is 0. The third kappa shape index (κ3) is 39.1. The van der Waals surface area contributed by atoms with E-state index in [9.17, 15) is 0 Å². The molecule has 0 aliphatic rings. The molecule has 0 aliphatic heterocycles. The Bertz CT molecular complexity index is 16.3. The van der Waals surface area contributed by atoms with E-state index in [2.05, 4.69) is 13.5 Å². The third-order valence-electron chi connectivity index (χ3n) is 0. The Kier molecular flexibility index (Phi) is 117. The van der Waals surface area contributed by atoms with Crippen LogP contribution in [0.2, 0.25) is 0 Å². The molecule has 0 bridgehead atoms. The van der Waals surface area contributed by atoms with Crippen molar-refractivity contribution in [2.24, 2.45) is 0 Å². The minimum Gasteiger partial charge on any atom is -1.00 e. The van der Waals surface area contributed by atoms with Crippen LogP contribution in [-0.4, -0.2) is 0 Å². The van der Waals surface area contributed by atoms with Gasteiger partial charge in [0.2, 0.25) is 0 Å². The predicted molar refractivity (Wildman–Crippen MR) is 15.6 cm³/mol. The smallest absolute Gasteiger partial charge is 1.00 e. The first kappa shape index (κ1) is 24.7.